The van der Waals surface area contributed by atoms with Gasteiger partial charge >= 0.3 is 0 Å². The van der Waals surface area contributed by atoms with E-state index in [9.17, 15) is 9.59 Å². The van der Waals surface area contributed by atoms with Gasteiger partial charge in [-0.2, -0.15) is 0 Å². The van der Waals surface area contributed by atoms with E-state index in [-0.39, 0.29) is 5.91 Å². The van der Waals surface area contributed by atoms with Gasteiger partial charge in [0.25, 0.3) is 0 Å². The maximum Gasteiger partial charge on any atom is 0.220 e. The number of aldehydes is 1. The van der Waals surface area contributed by atoms with Crippen LogP contribution in [-0.4, -0.2) is 12.2 Å². The van der Waals surface area contributed by atoms with Crippen LogP contribution in [0.4, 0.5) is 0 Å². The first-order valence-corrected chi connectivity index (χ1v) is 6.07. The average molecular weight is 233 g/mol. The smallest absolute Gasteiger partial charge is 0.220 e. The molecule has 3 heteroatoms. The third-order valence-electron chi connectivity index (χ3n) is 2.61. The zero-order valence-corrected chi connectivity index (χ0v) is 10.2. The number of carbonyl (C=O) groups excluding carboxylic acids is 2. The Morgan fingerprint density at radius 2 is 1.94 bits per heavy atom. The van der Waals surface area contributed by atoms with E-state index in [4.69, 9.17) is 0 Å². The number of hydrogen-bond donors (Lipinski definition) is 1. The van der Waals surface area contributed by atoms with Crippen LogP contribution in [0.25, 0.3) is 0 Å². The molecular weight excluding hydrogens is 214 g/mol. The number of nitrogens with one attached hydrogen (secondary N) is 1. The number of hydrogen-bond acceptors (Lipinski definition) is 2. The van der Waals surface area contributed by atoms with Crippen molar-refractivity contribution in [3.63, 3.8) is 0 Å². The molecule has 0 saturated heterocycles. The van der Waals surface area contributed by atoms with Gasteiger partial charge in [0, 0.05) is 18.5 Å². The summed E-state index contributed by atoms with van der Waals surface area (Å²) >= 11 is 0. The van der Waals surface area contributed by atoms with Gasteiger partial charge < -0.3 is 5.32 Å². The molecule has 1 aromatic carbocycles. The zero-order valence-electron chi connectivity index (χ0n) is 10.2. The van der Waals surface area contributed by atoms with Gasteiger partial charge in [-0.3, -0.25) is 9.59 Å². The molecule has 0 bridgehead atoms. The van der Waals surface area contributed by atoms with Crippen molar-refractivity contribution in [3.8, 4) is 0 Å². The summed E-state index contributed by atoms with van der Waals surface area (Å²) in [5.74, 6) is 0.0953. The van der Waals surface area contributed by atoms with E-state index in [1.165, 1.54) is 0 Å². The van der Waals surface area contributed by atoms with Crippen molar-refractivity contribution >= 4 is 12.2 Å². The fraction of sp³-hybridized carbons (Fsp3) is 0.429. The second-order valence-corrected chi connectivity index (χ2v) is 4.09. The van der Waals surface area contributed by atoms with Crippen LogP contribution in [0.5, 0.6) is 0 Å². The fourth-order valence-electron chi connectivity index (χ4n) is 1.54. The topological polar surface area (TPSA) is 46.2 Å². The molecule has 0 aliphatic heterocycles. The van der Waals surface area contributed by atoms with Crippen molar-refractivity contribution in [2.45, 2.75) is 39.2 Å². The first-order valence-electron chi connectivity index (χ1n) is 6.07. The van der Waals surface area contributed by atoms with E-state index in [2.05, 4.69) is 12.2 Å². The third kappa shape index (κ3) is 5.29. The van der Waals surface area contributed by atoms with Crippen LogP contribution < -0.4 is 5.32 Å². The molecule has 1 rings (SSSR count). The highest BCUT2D eigenvalue weighted by molar-refractivity contribution is 5.76. The Bertz CT molecular complexity index is 357. The van der Waals surface area contributed by atoms with Crippen molar-refractivity contribution in [1.82, 2.24) is 5.32 Å². The predicted octanol–water partition coefficient (Wildman–Crippen LogP) is 2.70. The van der Waals surface area contributed by atoms with E-state index >= 15 is 0 Å². The Hall–Kier alpha value is -1.64. The van der Waals surface area contributed by atoms with Gasteiger partial charge in [0.15, 0.2) is 0 Å². The van der Waals surface area contributed by atoms with Crippen molar-refractivity contribution in [3.05, 3.63) is 35.4 Å². The van der Waals surface area contributed by atoms with Crippen LogP contribution >= 0.6 is 0 Å². The average Bonchev–Trinajstić information content (AvgIpc) is 2.37. The van der Waals surface area contributed by atoms with Crippen molar-refractivity contribution < 1.29 is 9.59 Å². The molecule has 3 nitrogen and oxygen atoms in total. The van der Waals surface area contributed by atoms with E-state index in [1.807, 2.05) is 12.1 Å². The molecular formula is C14H19NO2. The Labute approximate surface area is 102 Å². The Morgan fingerprint density at radius 1 is 1.24 bits per heavy atom. The van der Waals surface area contributed by atoms with Crippen LogP contribution in [0, 0.1) is 0 Å². The molecule has 0 saturated carbocycles. The van der Waals surface area contributed by atoms with Gasteiger partial charge in [0.2, 0.25) is 5.91 Å². The molecule has 0 aliphatic rings. The summed E-state index contributed by atoms with van der Waals surface area (Å²) in [6.07, 6.45) is 4.58. The molecule has 92 valence electrons. The standard InChI is InChI=1S/C14H19NO2/c1-2-3-4-5-14(17)15-10-12-6-8-13(11-16)9-7-12/h6-9,11H,2-5,10H2,1H3,(H,15,17). The molecule has 17 heavy (non-hydrogen) atoms. The van der Waals surface area contributed by atoms with Crippen LogP contribution in [0.15, 0.2) is 24.3 Å². The fourth-order valence-corrected chi connectivity index (χ4v) is 1.54. The molecule has 0 aliphatic carbocycles. The summed E-state index contributed by atoms with van der Waals surface area (Å²) in [6.45, 7) is 2.65. The van der Waals surface area contributed by atoms with Crippen LogP contribution in [-0.2, 0) is 11.3 Å². The molecule has 0 aromatic heterocycles. The lowest BCUT2D eigenvalue weighted by Crippen LogP contribution is -2.22. The number of unbranched alkanes of at least 4 members (excludes halogenated alkanes) is 2. The second-order valence-electron chi connectivity index (χ2n) is 4.09. The molecule has 0 radical (unpaired) electrons. The van der Waals surface area contributed by atoms with Crippen molar-refractivity contribution in [2.75, 3.05) is 0 Å². The van der Waals surface area contributed by atoms with E-state index < -0.39 is 0 Å². The molecule has 1 aromatic rings. The molecule has 0 spiro atoms. The summed E-state index contributed by atoms with van der Waals surface area (Å²) < 4.78 is 0. The van der Waals surface area contributed by atoms with Gasteiger partial charge in [0.1, 0.15) is 6.29 Å². The number of benzene rings is 1. The highest BCUT2D eigenvalue weighted by Crippen LogP contribution is 2.03. The van der Waals surface area contributed by atoms with Crippen molar-refractivity contribution in [2.24, 2.45) is 0 Å². The van der Waals surface area contributed by atoms with E-state index in [1.54, 1.807) is 12.1 Å². The molecule has 1 N–H and O–H groups in total. The monoisotopic (exact) mass is 233 g/mol. The van der Waals surface area contributed by atoms with Crippen LogP contribution in [0.3, 0.4) is 0 Å². The minimum absolute atomic E-state index is 0.0953. The normalized spacial score (nSPS) is 9.94. The Kier molecular flexibility index (Phi) is 6.00. The molecule has 0 heterocycles. The summed E-state index contributed by atoms with van der Waals surface area (Å²) in [5.41, 5.74) is 1.67. The van der Waals surface area contributed by atoms with Crippen molar-refractivity contribution in [1.29, 1.82) is 0 Å². The summed E-state index contributed by atoms with van der Waals surface area (Å²) in [5, 5.41) is 2.87. The Balaban J connectivity index is 2.29. The predicted molar refractivity (Wildman–Crippen MR) is 67.8 cm³/mol. The Morgan fingerprint density at radius 3 is 2.53 bits per heavy atom. The zero-order chi connectivity index (χ0) is 12.5. The lowest BCUT2D eigenvalue weighted by Gasteiger charge is -2.05. The lowest BCUT2D eigenvalue weighted by molar-refractivity contribution is -0.121. The second kappa shape index (κ2) is 7.60. The van der Waals surface area contributed by atoms with Gasteiger partial charge in [-0.15, -0.1) is 0 Å². The minimum atomic E-state index is 0.0953. The number of amides is 1. The molecule has 1 amide bonds. The molecule has 0 fully saturated rings. The highest BCUT2D eigenvalue weighted by atomic mass is 16.1. The van der Waals surface area contributed by atoms with Gasteiger partial charge in [-0.1, -0.05) is 44.0 Å². The first kappa shape index (κ1) is 13.4. The molecule has 0 atom stereocenters. The van der Waals surface area contributed by atoms with E-state index in [0.29, 0.717) is 18.5 Å². The van der Waals surface area contributed by atoms with E-state index in [0.717, 1.165) is 31.1 Å². The number of carbonyl (C=O) groups is 2. The quantitative estimate of drug-likeness (QED) is 0.581. The third-order valence-corrected chi connectivity index (χ3v) is 2.61. The number of rotatable bonds is 7. The highest BCUT2D eigenvalue weighted by Gasteiger charge is 2.00. The van der Waals surface area contributed by atoms with Gasteiger partial charge in [-0.25, -0.2) is 0 Å². The van der Waals surface area contributed by atoms with Crippen LogP contribution in [0.1, 0.15) is 48.5 Å². The largest absolute Gasteiger partial charge is 0.352 e. The lowest BCUT2D eigenvalue weighted by atomic mass is 10.1. The van der Waals surface area contributed by atoms with Gasteiger partial charge in [-0.05, 0) is 12.0 Å². The summed E-state index contributed by atoms with van der Waals surface area (Å²) in [7, 11) is 0. The summed E-state index contributed by atoms with van der Waals surface area (Å²) in [6, 6.07) is 7.23. The maximum atomic E-state index is 11.4. The minimum Gasteiger partial charge on any atom is -0.352 e. The van der Waals surface area contributed by atoms with Gasteiger partial charge in [0.05, 0.1) is 0 Å². The SMILES string of the molecule is CCCCCC(=O)NCc1ccc(C=O)cc1. The molecule has 0 unspecified atom stereocenters. The first-order chi connectivity index (χ1) is 8.26. The maximum absolute atomic E-state index is 11.4. The summed E-state index contributed by atoms with van der Waals surface area (Å²) in [4.78, 5) is 21.9. The van der Waals surface area contributed by atoms with Crippen LogP contribution in [0.2, 0.25) is 0 Å².